The molecule has 4 rings (SSSR count). The lowest BCUT2D eigenvalue weighted by atomic mass is 9.97. The van der Waals surface area contributed by atoms with Gasteiger partial charge in [0.15, 0.2) is 0 Å². The van der Waals surface area contributed by atoms with Crippen molar-refractivity contribution in [3.63, 3.8) is 0 Å². The Morgan fingerprint density at radius 1 is 1.30 bits per heavy atom. The summed E-state index contributed by atoms with van der Waals surface area (Å²) in [4.78, 5) is 42.0. The first kappa shape index (κ1) is 17.8. The van der Waals surface area contributed by atoms with Crippen molar-refractivity contribution >= 4 is 17.9 Å². The first-order valence-corrected chi connectivity index (χ1v) is 9.20. The summed E-state index contributed by atoms with van der Waals surface area (Å²) in [6, 6.07) is 0. The average Bonchev–Trinajstić information content (AvgIpc) is 3.20. The lowest BCUT2D eigenvalue weighted by Gasteiger charge is -2.40. The highest BCUT2D eigenvalue weighted by Gasteiger charge is 2.47. The number of piperidine rings is 1. The van der Waals surface area contributed by atoms with Crippen molar-refractivity contribution in [2.24, 2.45) is 5.92 Å². The fourth-order valence-corrected chi connectivity index (χ4v) is 3.87. The van der Waals surface area contributed by atoms with Gasteiger partial charge in [-0.3, -0.25) is 14.5 Å². The van der Waals surface area contributed by atoms with Crippen molar-refractivity contribution in [2.45, 2.75) is 25.9 Å². The molecule has 0 radical (unpaired) electrons. The molecular formula is C17H23N5O5. The molecule has 1 aromatic rings. The number of nitrogens with one attached hydrogen (secondary N) is 1. The van der Waals surface area contributed by atoms with E-state index >= 15 is 0 Å². The molecule has 0 bridgehead atoms. The Morgan fingerprint density at radius 2 is 2.07 bits per heavy atom. The molecule has 3 amide bonds. The van der Waals surface area contributed by atoms with Crippen molar-refractivity contribution in [1.29, 1.82) is 0 Å². The Hall–Kier alpha value is -2.62. The fourth-order valence-electron chi connectivity index (χ4n) is 3.87. The third kappa shape index (κ3) is 3.48. The van der Waals surface area contributed by atoms with E-state index in [0.717, 1.165) is 25.9 Å². The lowest BCUT2D eigenvalue weighted by Crippen LogP contribution is -2.59. The van der Waals surface area contributed by atoms with Crippen LogP contribution in [-0.4, -0.2) is 83.2 Å². The van der Waals surface area contributed by atoms with Crippen LogP contribution in [-0.2, 0) is 9.59 Å². The van der Waals surface area contributed by atoms with E-state index in [1.807, 2.05) is 0 Å². The largest absolute Gasteiger partial charge is 0.418 e. The second-order valence-electron chi connectivity index (χ2n) is 7.29. The van der Waals surface area contributed by atoms with Gasteiger partial charge in [-0.2, -0.15) is 0 Å². The van der Waals surface area contributed by atoms with Crippen LogP contribution in [0.1, 0.15) is 18.4 Å². The van der Waals surface area contributed by atoms with Crippen molar-refractivity contribution < 1.29 is 23.6 Å². The van der Waals surface area contributed by atoms with Gasteiger partial charge in [0.25, 0.3) is 5.88 Å². The SMILES string of the molecule is Cc1conc1OC(=O)N1CC(=O)N2CC(=O)N(CC3CCNCC3)CC21. The van der Waals surface area contributed by atoms with Gasteiger partial charge in [0.1, 0.15) is 25.5 Å². The van der Waals surface area contributed by atoms with E-state index < -0.39 is 12.3 Å². The minimum absolute atomic E-state index is 0.00123. The van der Waals surface area contributed by atoms with Crippen LogP contribution in [0.2, 0.25) is 0 Å². The summed E-state index contributed by atoms with van der Waals surface area (Å²) in [7, 11) is 0. The summed E-state index contributed by atoms with van der Waals surface area (Å²) in [5.41, 5.74) is 0.595. The van der Waals surface area contributed by atoms with Crippen LogP contribution in [0, 0.1) is 12.8 Å². The molecule has 0 saturated carbocycles. The summed E-state index contributed by atoms with van der Waals surface area (Å²) < 4.78 is 10.0. The smallest absolute Gasteiger partial charge is 0.387 e. The molecule has 27 heavy (non-hydrogen) atoms. The van der Waals surface area contributed by atoms with E-state index in [-0.39, 0.29) is 30.8 Å². The molecule has 1 unspecified atom stereocenters. The predicted octanol–water partition coefficient (Wildman–Crippen LogP) is -0.206. The summed E-state index contributed by atoms with van der Waals surface area (Å²) in [6.45, 7) is 4.48. The zero-order valence-electron chi connectivity index (χ0n) is 15.2. The highest BCUT2D eigenvalue weighted by molar-refractivity contribution is 5.91. The van der Waals surface area contributed by atoms with Crippen LogP contribution in [0.5, 0.6) is 5.88 Å². The lowest BCUT2D eigenvalue weighted by molar-refractivity contribution is -0.146. The van der Waals surface area contributed by atoms with Crippen molar-refractivity contribution in [1.82, 2.24) is 25.2 Å². The number of amides is 3. The molecule has 3 aliphatic rings. The molecular weight excluding hydrogens is 354 g/mol. The molecule has 3 saturated heterocycles. The van der Waals surface area contributed by atoms with Gasteiger partial charge >= 0.3 is 6.09 Å². The molecule has 1 aromatic heterocycles. The Balaban J connectivity index is 1.45. The second kappa shape index (κ2) is 7.18. The van der Waals surface area contributed by atoms with Gasteiger partial charge in [-0.1, -0.05) is 0 Å². The zero-order valence-corrected chi connectivity index (χ0v) is 15.2. The Morgan fingerprint density at radius 3 is 2.78 bits per heavy atom. The van der Waals surface area contributed by atoms with E-state index in [1.54, 1.807) is 11.8 Å². The van der Waals surface area contributed by atoms with Crippen molar-refractivity contribution in [2.75, 3.05) is 39.3 Å². The fraction of sp³-hybridized carbons (Fsp3) is 0.647. The number of carbonyl (C=O) groups excluding carboxylic acids is 3. The highest BCUT2D eigenvalue weighted by atomic mass is 16.6. The van der Waals surface area contributed by atoms with Gasteiger partial charge in [-0.15, -0.1) is 0 Å². The van der Waals surface area contributed by atoms with Crippen LogP contribution in [0.3, 0.4) is 0 Å². The molecule has 146 valence electrons. The quantitative estimate of drug-likeness (QED) is 0.777. The number of ether oxygens (including phenoxy) is 1. The Kier molecular flexibility index (Phi) is 4.73. The normalized spacial score (nSPS) is 23.7. The number of hydrogen-bond donors (Lipinski definition) is 1. The number of piperazine rings is 1. The number of aromatic nitrogens is 1. The third-order valence-corrected chi connectivity index (χ3v) is 5.45. The number of fused-ring (bicyclic) bond motifs is 1. The molecule has 0 spiro atoms. The first-order valence-electron chi connectivity index (χ1n) is 9.20. The maximum atomic E-state index is 12.6. The highest BCUT2D eigenvalue weighted by Crippen LogP contribution is 2.25. The van der Waals surface area contributed by atoms with Gasteiger partial charge in [0.2, 0.25) is 11.8 Å². The standard InChI is InChI=1S/C17H23N5O5/c1-11-10-26-19-16(11)27-17(25)22-9-15(24)21-8-14(23)20(7-13(21)22)6-12-2-4-18-5-3-12/h10,12-13,18H,2-9H2,1H3. The third-order valence-electron chi connectivity index (χ3n) is 5.45. The first-order chi connectivity index (χ1) is 13.0. The van der Waals surface area contributed by atoms with E-state index in [0.29, 0.717) is 24.6 Å². The predicted molar refractivity (Wildman–Crippen MR) is 91.6 cm³/mol. The number of nitrogens with zero attached hydrogens (tertiary/aromatic N) is 4. The minimum Gasteiger partial charge on any atom is -0.387 e. The van der Waals surface area contributed by atoms with Crippen LogP contribution in [0.15, 0.2) is 10.8 Å². The number of hydrogen-bond acceptors (Lipinski definition) is 7. The summed E-state index contributed by atoms with van der Waals surface area (Å²) in [5, 5.41) is 6.95. The van der Waals surface area contributed by atoms with Gasteiger partial charge in [0, 0.05) is 6.54 Å². The van der Waals surface area contributed by atoms with Crippen LogP contribution >= 0.6 is 0 Å². The monoisotopic (exact) mass is 377 g/mol. The molecule has 1 atom stereocenters. The summed E-state index contributed by atoms with van der Waals surface area (Å²) in [5.74, 6) is 0.214. The van der Waals surface area contributed by atoms with Crippen molar-refractivity contribution in [3.05, 3.63) is 11.8 Å². The maximum absolute atomic E-state index is 12.6. The van der Waals surface area contributed by atoms with Crippen LogP contribution in [0.4, 0.5) is 4.79 Å². The molecule has 3 fully saturated rings. The summed E-state index contributed by atoms with van der Waals surface area (Å²) >= 11 is 0. The van der Waals surface area contributed by atoms with Gasteiger partial charge < -0.3 is 24.4 Å². The molecule has 3 aliphatic heterocycles. The number of rotatable bonds is 3. The van der Waals surface area contributed by atoms with Gasteiger partial charge in [-0.25, -0.2) is 4.79 Å². The molecule has 10 nitrogen and oxygen atoms in total. The molecule has 10 heteroatoms. The minimum atomic E-state index is -0.663. The average molecular weight is 377 g/mol. The number of carbonyl (C=O) groups is 3. The van der Waals surface area contributed by atoms with E-state index in [4.69, 9.17) is 9.26 Å². The van der Waals surface area contributed by atoms with E-state index in [2.05, 4.69) is 10.5 Å². The molecule has 0 aliphatic carbocycles. The Labute approximate surface area is 156 Å². The second-order valence-corrected chi connectivity index (χ2v) is 7.29. The van der Waals surface area contributed by atoms with E-state index in [1.165, 1.54) is 16.1 Å². The molecule has 4 heterocycles. The van der Waals surface area contributed by atoms with Gasteiger partial charge in [0.05, 0.1) is 12.1 Å². The van der Waals surface area contributed by atoms with Crippen molar-refractivity contribution in [3.8, 4) is 5.88 Å². The van der Waals surface area contributed by atoms with E-state index in [9.17, 15) is 14.4 Å². The Bertz CT molecular complexity index is 744. The van der Waals surface area contributed by atoms with Crippen LogP contribution in [0.25, 0.3) is 0 Å². The van der Waals surface area contributed by atoms with Crippen LogP contribution < -0.4 is 10.1 Å². The topological polar surface area (TPSA) is 108 Å². The van der Waals surface area contributed by atoms with Gasteiger partial charge in [-0.05, 0) is 43.9 Å². The zero-order chi connectivity index (χ0) is 19.0. The number of aryl methyl sites for hydroxylation is 1. The summed E-state index contributed by atoms with van der Waals surface area (Å²) in [6.07, 6.45) is 2.26. The maximum Gasteiger partial charge on any atom is 0.418 e. The molecule has 0 aromatic carbocycles. The molecule has 1 N–H and O–H groups in total.